The minimum atomic E-state index is -0.769. The third kappa shape index (κ3) is 2.99. The molecule has 1 aromatic rings. The van der Waals surface area contributed by atoms with Crippen LogP contribution in [0.4, 0.5) is 0 Å². The molecule has 20 heavy (non-hydrogen) atoms. The molecule has 1 aromatic carbocycles. The number of phenols is 1. The fourth-order valence-corrected chi connectivity index (χ4v) is 2.61. The Morgan fingerprint density at radius 3 is 2.80 bits per heavy atom. The van der Waals surface area contributed by atoms with Crippen molar-refractivity contribution in [2.75, 3.05) is 6.54 Å². The number of carbonyl (C=O) groups is 2. The molecule has 1 aliphatic rings. The van der Waals surface area contributed by atoms with Crippen LogP contribution in [0.5, 0.6) is 5.75 Å². The Labute approximate surface area is 126 Å². The van der Waals surface area contributed by atoms with Crippen molar-refractivity contribution in [1.82, 2.24) is 10.6 Å². The van der Waals surface area contributed by atoms with Crippen molar-refractivity contribution in [3.05, 3.63) is 27.7 Å². The van der Waals surface area contributed by atoms with E-state index in [0.717, 1.165) is 0 Å². The molecule has 5 nitrogen and oxygen atoms in total. The molecule has 0 radical (unpaired) electrons. The summed E-state index contributed by atoms with van der Waals surface area (Å²) in [5.41, 5.74) is -0.341. The molecule has 1 saturated heterocycles. The average Bonchev–Trinajstić information content (AvgIpc) is 2.73. The number of carbonyl (C=O) groups excluding carboxylic acids is 2. The molecule has 0 aromatic heterocycles. The number of hydrogen-bond acceptors (Lipinski definition) is 3. The Kier molecular flexibility index (Phi) is 4.11. The monoisotopic (exact) mass is 316 g/mol. The van der Waals surface area contributed by atoms with Crippen LogP contribution in [0, 0.1) is 5.41 Å². The van der Waals surface area contributed by atoms with Gasteiger partial charge in [-0.2, -0.15) is 0 Å². The molecule has 0 spiro atoms. The zero-order valence-corrected chi connectivity index (χ0v) is 12.3. The number of nitrogens with one attached hydrogen (secondary N) is 2. The zero-order valence-electron chi connectivity index (χ0n) is 10.8. The van der Waals surface area contributed by atoms with Crippen molar-refractivity contribution in [2.24, 2.45) is 5.41 Å². The second-order valence-corrected chi connectivity index (χ2v) is 5.94. The summed E-state index contributed by atoms with van der Waals surface area (Å²) in [5, 5.41) is 15.6. The first-order chi connectivity index (χ1) is 9.32. The van der Waals surface area contributed by atoms with Crippen LogP contribution in [0.15, 0.2) is 12.1 Å². The van der Waals surface area contributed by atoms with Crippen molar-refractivity contribution >= 4 is 35.0 Å². The van der Waals surface area contributed by atoms with E-state index in [-0.39, 0.29) is 35.6 Å². The maximum absolute atomic E-state index is 12.1. The second kappa shape index (κ2) is 5.50. The van der Waals surface area contributed by atoms with Crippen LogP contribution in [-0.2, 0) is 16.1 Å². The van der Waals surface area contributed by atoms with Gasteiger partial charge in [-0.15, -0.1) is 0 Å². The van der Waals surface area contributed by atoms with Gasteiger partial charge in [-0.25, -0.2) is 0 Å². The lowest BCUT2D eigenvalue weighted by Gasteiger charge is -2.20. The molecule has 0 aliphatic carbocycles. The molecule has 108 valence electrons. The normalized spacial score (nSPS) is 21.6. The molecule has 7 heteroatoms. The van der Waals surface area contributed by atoms with Crippen molar-refractivity contribution in [3.8, 4) is 5.75 Å². The Hall–Kier alpha value is -1.46. The molecule has 1 heterocycles. The Balaban J connectivity index is 2.06. The van der Waals surface area contributed by atoms with Crippen LogP contribution < -0.4 is 10.6 Å². The largest absolute Gasteiger partial charge is 0.506 e. The van der Waals surface area contributed by atoms with Crippen LogP contribution in [0.25, 0.3) is 0 Å². The summed E-state index contributed by atoms with van der Waals surface area (Å²) in [5.74, 6) is -0.509. The highest BCUT2D eigenvalue weighted by atomic mass is 35.5. The Morgan fingerprint density at radius 1 is 1.50 bits per heavy atom. The maximum Gasteiger partial charge on any atom is 0.228 e. The quantitative estimate of drug-likeness (QED) is 0.796. The number of amides is 2. The number of hydrogen-bond donors (Lipinski definition) is 3. The molecule has 1 fully saturated rings. The van der Waals surface area contributed by atoms with Gasteiger partial charge < -0.3 is 15.7 Å². The molecule has 3 N–H and O–H groups in total. The second-order valence-electron chi connectivity index (χ2n) is 5.09. The summed E-state index contributed by atoms with van der Waals surface area (Å²) in [6.45, 7) is 2.11. The zero-order chi connectivity index (χ0) is 14.9. The first-order valence-corrected chi connectivity index (χ1v) is 6.79. The Bertz CT molecular complexity index is 577. The molecule has 2 rings (SSSR count). The number of benzene rings is 1. The molecular weight excluding hydrogens is 303 g/mol. The summed E-state index contributed by atoms with van der Waals surface area (Å²) in [6.07, 6.45) is 0.154. The van der Waals surface area contributed by atoms with Gasteiger partial charge in [0.1, 0.15) is 5.75 Å². The SMILES string of the molecule is CC1(C(=O)NCc2cc(Cl)cc(Cl)c2O)CNC(=O)C1. The summed E-state index contributed by atoms with van der Waals surface area (Å²) in [6, 6.07) is 2.95. The van der Waals surface area contributed by atoms with E-state index in [4.69, 9.17) is 23.2 Å². The first kappa shape index (κ1) is 14.9. The number of aromatic hydroxyl groups is 1. The van der Waals surface area contributed by atoms with Gasteiger partial charge in [0.05, 0.1) is 10.4 Å². The highest BCUT2D eigenvalue weighted by Crippen LogP contribution is 2.31. The first-order valence-electron chi connectivity index (χ1n) is 6.04. The molecule has 1 atom stereocenters. The van der Waals surface area contributed by atoms with Crippen molar-refractivity contribution in [1.29, 1.82) is 0 Å². The highest BCUT2D eigenvalue weighted by Gasteiger charge is 2.40. The van der Waals surface area contributed by atoms with Crippen LogP contribution in [0.3, 0.4) is 0 Å². The van der Waals surface area contributed by atoms with Crippen LogP contribution >= 0.6 is 23.2 Å². The minimum Gasteiger partial charge on any atom is -0.506 e. The number of phenolic OH excluding ortho intramolecular Hbond substituents is 1. The van der Waals surface area contributed by atoms with E-state index in [9.17, 15) is 14.7 Å². The summed E-state index contributed by atoms with van der Waals surface area (Å²) in [7, 11) is 0. The van der Waals surface area contributed by atoms with Gasteiger partial charge in [-0.1, -0.05) is 23.2 Å². The maximum atomic E-state index is 12.1. The Morgan fingerprint density at radius 2 is 2.20 bits per heavy atom. The van der Waals surface area contributed by atoms with E-state index >= 15 is 0 Å². The molecule has 0 bridgehead atoms. The fourth-order valence-electron chi connectivity index (χ4n) is 2.08. The lowest BCUT2D eigenvalue weighted by molar-refractivity contribution is -0.131. The van der Waals surface area contributed by atoms with E-state index in [1.54, 1.807) is 6.92 Å². The minimum absolute atomic E-state index is 0.0920. The topological polar surface area (TPSA) is 78.4 Å². The van der Waals surface area contributed by atoms with Crippen molar-refractivity contribution in [3.63, 3.8) is 0 Å². The van der Waals surface area contributed by atoms with E-state index in [2.05, 4.69) is 10.6 Å². The molecule has 1 aliphatic heterocycles. The lowest BCUT2D eigenvalue weighted by Crippen LogP contribution is -2.40. The molecule has 2 amide bonds. The van der Waals surface area contributed by atoms with Gasteiger partial charge in [0, 0.05) is 30.1 Å². The summed E-state index contributed by atoms with van der Waals surface area (Å²) in [4.78, 5) is 23.3. The van der Waals surface area contributed by atoms with Crippen molar-refractivity contribution in [2.45, 2.75) is 19.9 Å². The average molecular weight is 317 g/mol. The fraction of sp³-hybridized carbons (Fsp3) is 0.385. The molecular formula is C13H14Cl2N2O3. The van der Waals surface area contributed by atoms with Gasteiger partial charge in [0.15, 0.2) is 0 Å². The molecule has 1 unspecified atom stereocenters. The molecule has 0 saturated carbocycles. The van der Waals surface area contributed by atoms with Crippen LogP contribution in [-0.4, -0.2) is 23.5 Å². The van der Waals surface area contributed by atoms with E-state index in [0.29, 0.717) is 17.1 Å². The third-order valence-electron chi connectivity index (χ3n) is 3.32. The number of halogens is 2. The van der Waals surface area contributed by atoms with Crippen molar-refractivity contribution < 1.29 is 14.7 Å². The standard InChI is InChI=1S/C13H14Cl2N2O3/c1-13(4-10(18)17-6-13)12(20)16-5-7-2-8(14)3-9(15)11(7)19/h2-3,19H,4-6H2,1H3,(H,16,20)(H,17,18). The lowest BCUT2D eigenvalue weighted by atomic mass is 9.88. The van der Waals surface area contributed by atoms with Gasteiger partial charge in [-0.3, -0.25) is 9.59 Å². The van der Waals surface area contributed by atoms with E-state index < -0.39 is 5.41 Å². The van der Waals surface area contributed by atoms with Gasteiger partial charge in [0.25, 0.3) is 0 Å². The van der Waals surface area contributed by atoms with E-state index in [1.165, 1.54) is 12.1 Å². The predicted octanol–water partition coefficient (Wildman–Crippen LogP) is 1.84. The van der Waals surface area contributed by atoms with Crippen LogP contribution in [0.1, 0.15) is 18.9 Å². The summed E-state index contributed by atoms with van der Waals surface area (Å²) < 4.78 is 0. The third-order valence-corrected chi connectivity index (χ3v) is 3.83. The summed E-state index contributed by atoms with van der Waals surface area (Å²) >= 11 is 11.7. The number of rotatable bonds is 3. The van der Waals surface area contributed by atoms with Gasteiger partial charge >= 0.3 is 0 Å². The van der Waals surface area contributed by atoms with Crippen LogP contribution in [0.2, 0.25) is 10.0 Å². The smallest absolute Gasteiger partial charge is 0.228 e. The van der Waals surface area contributed by atoms with E-state index in [1.807, 2.05) is 0 Å². The van der Waals surface area contributed by atoms with Gasteiger partial charge in [-0.05, 0) is 19.1 Å². The predicted molar refractivity (Wildman–Crippen MR) is 75.7 cm³/mol. The van der Waals surface area contributed by atoms with Gasteiger partial charge in [0.2, 0.25) is 11.8 Å². The highest BCUT2D eigenvalue weighted by molar-refractivity contribution is 6.35.